The van der Waals surface area contributed by atoms with E-state index in [0.29, 0.717) is 0 Å². The zero-order valence-corrected chi connectivity index (χ0v) is 12.6. The molecule has 3 aromatic heterocycles. The van der Waals surface area contributed by atoms with Gasteiger partial charge in [0.05, 0.1) is 11.4 Å². The number of rotatable bonds is 2. The highest BCUT2D eigenvalue weighted by Crippen LogP contribution is 2.31. The highest BCUT2D eigenvalue weighted by atomic mass is 32.1. The Balaban J connectivity index is 2.42. The van der Waals surface area contributed by atoms with Crippen LogP contribution >= 0.6 is 12.6 Å². The van der Waals surface area contributed by atoms with Crippen LogP contribution in [-0.2, 0) is 0 Å². The van der Waals surface area contributed by atoms with Gasteiger partial charge in [-0.1, -0.05) is 13.2 Å². The quantitative estimate of drug-likeness (QED) is 0.449. The van der Waals surface area contributed by atoms with Gasteiger partial charge in [0.15, 0.2) is 5.65 Å². The zero-order valence-electron chi connectivity index (χ0n) is 11.7. The molecule has 0 aliphatic heterocycles. The molecule has 1 aromatic carbocycles. The summed E-state index contributed by atoms with van der Waals surface area (Å²) in [6.07, 6.45) is 6.87. The number of nitrogens with zero attached hydrogens (tertiary/aromatic N) is 4. The highest BCUT2D eigenvalue weighted by molar-refractivity contribution is 7.80. The van der Waals surface area contributed by atoms with Crippen molar-refractivity contribution in [2.45, 2.75) is 4.90 Å². The van der Waals surface area contributed by atoms with Crippen LogP contribution in [0.3, 0.4) is 0 Å². The van der Waals surface area contributed by atoms with Gasteiger partial charge in [-0.05, 0) is 30.4 Å². The summed E-state index contributed by atoms with van der Waals surface area (Å²) in [5.41, 5.74) is 4.04. The third kappa shape index (κ3) is 1.63. The molecule has 0 saturated heterocycles. The summed E-state index contributed by atoms with van der Waals surface area (Å²) in [6, 6.07) is 5.95. The number of fused-ring (bicyclic) bond motifs is 6. The van der Waals surface area contributed by atoms with Crippen molar-refractivity contribution >= 4 is 52.4 Å². The molecule has 0 N–H and O–H groups in total. The first kappa shape index (κ1) is 13.0. The molecular weight excluding hydrogens is 292 g/mol. The van der Waals surface area contributed by atoms with Gasteiger partial charge in [0.2, 0.25) is 0 Å². The van der Waals surface area contributed by atoms with Crippen LogP contribution in [0.25, 0.3) is 39.7 Å². The minimum Gasteiger partial charge on any atom is -0.274 e. The van der Waals surface area contributed by atoms with E-state index in [0.717, 1.165) is 43.9 Å². The van der Waals surface area contributed by atoms with Gasteiger partial charge < -0.3 is 0 Å². The van der Waals surface area contributed by atoms with Crippen molar-refractivity contribution in [3.63, 3.8) is 0 Å². The topological polar surface area (TPSA) is 43.1 Å². The molecule has 0 aliphatic rings. The molecule has 0 bridgehead atoms. The maximum absolute atomic E-state index is 4.69. The molecule has 4 rings (SSSR count). The molecule has 0 atom stereocenters. The SMILES string of the molecule is C=Cc1nc2c3ccc(S)cc3c3nccnc3n2c1C=C. The molecule has 4 aromatic rings. The number of pyridine rings is 1. The molecule has 3 heterocycles. The Kier molecular flexibility index (Phi) is 2.77. The van der Waals surface area contributed by atoms with Crippen molar-refractivity contribution in [1.82, 2.24) is 19.4 Å². The lowest BCUT2D eigenvalue weighted by molar-refractivity contribution is 1.16. The van der Waals surface area contributed by atoms with Crippen LogP contribution in [0.2, 0.25) is 0 Å². The van der Waals surface area contributed by atoms with Crippen LogP contribution in [0.5, 0.6) is 0 Å². The van der Waals surface area contributed by atoms with Gasteiger partial charge >= 0.3 is 0 Å². The summed E-state index contributed by atoms with van der Waals surface area (Å²) in [6.45, 7) is 7.73. The highest BCUT2D eigenvalue weighted by Gasteiger charge is 2.16. The number of benzene rings is 1. The zero-order chi connectivity index (χ0) is 15.3. The van der Waals surface area contributed by atoms with E-state index in [1.165, 1.54) is 0 Å². The second-order valence-electron chi connectivity index (χ2n) is 4.91. The van der Waals surface area contributed by atoms with Crippen molar-refractivity contribution in [3.05, 3.63) is 55.1 Å². The van der Waals surface area contributed by atoms with Gasteiger partial charge in [0.25, 0.3) is 0 Å². The molecule has 0 spiro atoms. The largest absolute Gasteiger partial charge is 0.274 e. The molecule has 5 heteroatoms. The minimum atomic E-state index is 0.749. The number of imidazole rings is 1. The van der Waals surface area contributed by atoms with Crippen molar-refractivity contribution in [2.24, 2.45) is 0 Å². The smallest absolute Gasteiger partial charge is 0.165 e. The van der Waals surface area contributed by atoms with Crippen LogP contribution in [0.15, 0.2) is 48.6 Å². The van der Waals surface area contributed by atoms with E-state index in [9.17, 15) is 0 Å². The Morgan fingerprint density at radius 1 is 1.00 bits per heavy atom. The summed E-state index contributed by atoms with van der Waals surface area (Å²) >= 11 is 4.43. The van der Waals surface area contributed by atoms with Crippen molar-refractivity contribution < 1.29 is 0 Å². The summed E-state index contributed by atoms with van der Waals surface area (Å²) < 4.78 is 1.98. The third-order valence-corrected chi connectivity index (χ3v) is 4.00. The van der Waals surface area contributed by atoms with Gasteiger partial charge in [-0.15, -0.1) is 12.6 Å². The molecule has 4 nitrogen and oxygen atoms in total. The van der Waals surface area contributed by atoms with Crippen molar-refractivity contribution in [2.75, 3.05) is 0 Å². The Bertz CT molecular complexity index is 1080. The second kappa shape index (κ2) is 4.68. The lowest BCUT2D eigenvalue weighted by atomic mass is 10.1. The predicted octanol–water partition coefficient (Wildman–Crippen LogP) is 4.01. The lowest BCUT2D eigenvalue weighted by Crippen LogP contribution is -1.97. The Morgan fingerprint density at radius 2 is 1.82 bits per heavy atom. The monoisotopic (exact) mass is 304 g/mol. The van der Waals surface area contributed by atoms with Crippen LogP contribution in [0, 0.1) is 0 Å². The van der Waals surface area contributed by atoms with Crippen molar-refractivity contribution in [3.8, 4) is 0 Å². The van der Waals surface area contributed by atoms with Gasteiger partial charge in [-0.3, -0.25) is 9.38 Å². The normalized spacial score (nSPS) is 11.3. The third-order valence-electron chi connectivity index (χ3n) is 3.72. The number of thiol groups is 1. The molecule has 0 amide bonds. The van der Waals surface area contributed by atoms with E-state index in [1.807, 2.05) is 22.6 Å². The average Bonchev–Trinajstić information content (AvgIpc) is 2.93. The first-order chi connectivity index (χ1) is 10.7. The molecule has 0 saturated carbocycles. The minimum absolute atomic E-state index is 0.749. The van der Waals surface area contributed by atoms with Crippen molar-refractivity contribution in [1.29, 1.82) is 0 Å². The van der Waals surface area contributed by atoms with Crippen LogP contribution in [-0.4, -0.2) is 19.4 Å². The van der Waals surface area contributed by atoms with E-state index in [1.54, 1.807) is 24.5 Å². The predicted molar refractivity (Wildman–Crippen MR) is 93.2 cm³/mol. The maximum Gasteiger partial charge on any atom is 0.165 e. The van der Waals surface area contributed by atoms with Gasteiger partial charge in [-0.25, -0.2) is 9.97 Å². The van der Waals surface area contributed by atoms with Crippen LogP contribution in [0.4, 0.5) is 0 Å². The van der Waals surface area contributed by atoms with Crippen LogP contribution in [0.1, 0.15) is 11.4 Å². The first-order valence-corrected chi connectivity index (χ1v) is 7.22. The van der Waals surface area contributed by atoms with E-state index < -0.39 is 0 Å². The average molecular weight is 304 g/mol. The van der Waals surface area contributed by atoms with E-state index in [2.05, 4.69) is 35.8 Å². The molecular formula is C17H12N4S. The fourth-order valence-electron chi connectivity index (χ4n) is 2.80. The molecule has 0 fully saturated rings. The summed E-state index contributed by atoms with van der Waals surface area (Å²) in [5, 5.41) is 1.99. The Hall–Kier alpha value is -2.66. The molecule has 0 radical (unpaired) electrons. The van der Waals surface area contributed by atoms with Gasteiger partial charge in [0.1, 0.15) is 11.2 Å². The number of hydrogen-bond donors (Lipinski definition) is 1. The first-order valence-electron chi connectivity index (χ1n) is 6.77. The standard InChI is InChI=1S/C17H12N4S/c1-3-13-14(4-2)21-16(20-13)11-6-5-10(22)9-12(11)15-17(21)19-8-7-18-15/h3-9,22H,1-2H2. The van der Waals surface area contributed by atoms with E-state index in [4.69, 9.17) is 4.98 Å². The number of aromatic nitrogens is 4. The molecule has 106 valence electrons. The maximum atomic E-state index is 4.69. The molecule has 0 aliphatic carbocycles. The van der Waals surface area contributed by atoms with Crippen LogP contribution < -0.4 is 0 Å². The number of hydrogen-bond acceptors (Lipinski definition) is 4. The Morgan fingerprint density at radius 3 is 2.59 bits per heavy atom. The summed E-state index contributed by atoms with van der Waals surface area (Å²) in [5.74, 6) is 0. The fraction of sp³-hybridized carbons (Fsp3) is 0. The lowest BCUT2D eigenvalue weighted by Gasteiger charge is -2.08. The Labute approximate surface area is 132 Å². The fourth-order valence-corrected chi connectivity index (χ4v) is 3.00. The molecule has 22 heavy (non-hydrogen) atoms. The van der Waals surface area contributed by atoms with Gasteiger partial charge in [-0.2, -0.15) is 0 Å². The summed E-state index contributed by atoms with van der Waals surface area (Å²) in [4.78, 5) is 14.6. The van der Waals surface area contributed by atoms with Gasteiger partial charge in [0, 0.05) is 28.1 Å². The van der Waals surface area contributed by atoms with E-state index >= 15 is 0 Å². The summed E-state index contributed by atoms with van der Waals surface area (Å²) in [7, 11) is 0. The molecule has 0 unspecified atom stereocenters. The second-order valence-corrected chi connectivity index (χ2v) is 5.42. The van der Waals surface area contributed by atoms with E-state index in [-0.39, 0.29) is 0 Å².